The van der Waals surface area contributed by atoms with Gasteiger partial charge in [-0.25, -0.2) is 4.90 Å². The zero-order chi connectivity index (χ0) is 17.5. The van der Waals surface area contributed by atoms with Gasteiger partial charge in [0.2, 0.25) is 11.8 Å². The molecule has 25 heavy (non-hydrogen) atoms. The summed E-state index contributed by atoms with van der Waals surface area (Å²) in [6.07, 6.45) is 6.28. The summed E-state index contributed by atoms with van der Waals surface area (Å²) in [5.74, 6) is -0.827. The number of benzene rings is 1. The molecule has 7 nitrogen and oxygen atoms in total. The first kappa shape index (κ1) is 14.6. The van der Waals surface area contributed by atoms with E-state index >= 15 is 0 Å². The second kappa shape index (κ2) is 4.47. The number of nitro groups is 1. The summed E-state index contributed by atoms with van der Waals surface area (Å²) < 4.78 is 5.03. The van der Waals surface area contributed by atoms with Crippen LogP contribution in [0.15, 0.2) is 30.4 Å². The van der Waals surface area contributed by atoms with Gasteiger partial charge in [-0.2, -0.15) is 0 Å². The minimum absolute atomic E-state index is 0.0412. The fourth-order valence-corrected chi connectivity index (χ4v) is 5.28. The highest BCUT2D eigenvalue weighted by Crippen LogP contribution is 2.73. The van der Waals surface area contributed by atoms with E-state index in [1.54, 1.807) is 0 Å². The normalized spacial score (nSPS) is 33.2. The Labute approximate surface area is 143 Å². The van der Waals surface area contributed by atoms with Crippen molar-refractivity contribution in [2.45, 2.75) is 12.8 Å². The summed E-state index contributed by atoms with van der Waals surface area (Å²) in [4.78, 5) is 38.0. The van der Waals surface area contributed by atoms with E-state index < -0.39 is 4.92 Å². The van der Waals surface area contributed by atoms with Crippen molar-refractivity contribution in [2.75, 3.05) is 12.0 Å². The van der Waals surface area contributed by atoms with Gasteiger partial charge in [-0.1, -0.05) is 12.2 Å². The van der Waals surface area contributed by atoms with E-state index in [4.69, 9.17) is 4.74 Å². The molecular formula is C18H16N2O5. The van der Waals surface area contributed by atoms with Gasteiger partial charge in [0.15, 0.2) is 0 Å². The van der Waals surface area contributed by atoms with E-state index in [0.717, 1.165) is 17.7 Å². The number of amides is 2. The molecule has 4 atom stereocenters. The van der Waals surface area contributed by atoms with Crippen molar-refractivity contribution in [2.24, 2.45) is 29.1 Å². The van der Waals surface area contributed by atoms with Crippen LogP contribution in [0.1, 0.15) is 12.8 Å². The standard InChI is InChI=1S/C18H16N2O5/c1-25-9-2-5-12(13(8-9)20(23)24)19-16(21)14-10-3-4-11(15(14)17(19)22)18(10)6-7-18/h2-5,8,10-11,14-15H,6-7H2,1H3/t10-,11+,14+,15-. The number of rotatable bonds is 3. The van der Waals surface area contributed by atoms with Crippen LogP contribution >= 0.6 is 0 Å². The van der Waals surface area contributed by atoms with Crippen molar-refractivity contribution in [1.82, 2.24) is 0 Å². The Kier molecular flexibility index (Phi) is 2.62. The number of nitrogens with zero attached hydrogens (tertiary/aromatic N) is 2. The highest BCUT2D eigenvalue weighted by Gasteiger charge is 2.73. The highest BCUT2D eigenvalue weighted by atomic mass is 16.6. The second-order valence-electron chi connectivity index (χ2n) is 7.34. The largest absolute Gasteiger partial charge is 0.496 e. The van der Waals surface area contributed by atoms with Crippen LogP contribution in [-0.4, -0.2) is 23.8 Å². The Hall–Kier alpha value is -2.70. The number of anilines is 1. The van der Waals surface area contributed by atoms with Crippen molar-refractivity contribution in [3.63, 3.8) is 0 Å². The smallest absolute Gasteiger partial charge is 0.297 e. The summed E-state index contributed by atoms with van der Waals surface area (Å²) in [6, 6.07) is 4.21. The third kappa shape index (κ3) is 1.61. The molecule has 1 aliphatic heterocycles. The van der Waals surface area contributed by atoms with Gasteiger partial charge in [0.1, 0.15) is 11.4 Å². The highest BCUT2D eigenvalue weighted by molar-refractivity contribution is 6.24. The van der Waals surface area contributed by atoms with Crippen LogP contribution in [0.25, 0.3) is 0 Å². The maximum absolute atomic E-state index is 13.0. The van der Waals surface area contributed by atoms with Gasteiger partial charge in [0.05, 0.1) is 29.9 Å². The fourth-order valence-electron chi connectivity index (χ4n) is 5.28. The van der Waals surface area contributed by atoms with Crippen molar-refractivity contribution in [3.05, 3.63) is 40.5 Å². The Morgan fingerprint density at radius 1 is 1.16 bits per heavy atom. The van der Waals surface area contributed by atoms with E-state index in [1.165, 1.54) is 25.3 Å². The zero-order valence-electron chi connectivity index (χ0n) is 13.5. The lowest BCUT2D eigenvalue weighted by Gasteiger charge is -2.21. The molecule has 1 spiro atoms. The van der Waals surface area contributed by atoms with E-state index in [0.29, 0.717) is 5.75 Å². The van der Waals surface area contributed by atoms with E-state index in [-0.39, 0.29) is 52.3 Å². The molecule has 0 radical (unpaired) electrons. The van der Waals surface area contributed by atoms with Crippen molar-refractivity contribution >= 4 is 23.2 Å². The predicted octanol–water partition coefficient (Wildman–Crippen LogP) is 2.30. The molecule has 0 aromatic heterocycles. The average Bonchev–Trinajstić information content (AvgIpc) is 3.20. The first-order valence-electron chi connectivity index (χ1n) is 8.38. The van der Waals surface area contributed by atoms with Crippen molar-refractivity contribution in [3.8, 4) is 5.75 Å². The van der Waals surface area contributed by atoms with Gasteiger partial charge in [-0.05, 0) is 42.2 Å². The number of hydrogen-bond donors (Lipinski definition) is 0. The molecule has 128 valence electrons. The molecule has 1 saturated heterocycles. The fraction of sp³-hybridized carbons (Fsp3) is 0.444. The summed E-state index contributed by atoms with van der Waals surface area (Å²) >= 11 is 0. The molecule has 2 saturated carbocycles. The molecule has 5 rings (SSSR count). The van der Waals surface area contributed by atoms with Gasteiger partial charge in [-0.3, -0.25) is 19.7 Å². The minimum atomic E-state index is -0.582. The van der Waals surface area contributed by atoms with E-state index in [2.05, 4.69) is 12.2 Å². The van der Waals surface area contributed by atoms with E-state index in [9.17, 15) is 19.7 Å². The van der Waals surface area contributed by atoms with Gasteiger partial charge >= 0.3 is 0 Å². The van der Waals surface area contributed by atoms with Crippen LogP contribution in [0.4, 0.5) is 11.4 Å². The number of imide groups is 1. The summed E-state index contributed by atoms with van der Waals surface area (Å²) in [5, 5.41) is 11.4. The molecule has 1 heterocycles. The van der Waals surface area contributed by atoms with Gasteiger partial charge in [0.25, 0.3) is 5.69 Å². The number of carbonyl (C=O) groups is 2. The number of allylic oxidation sites excluding steroid dienone is 2. The third-order valence-corrected chi connectivity index (χ3v) is 6.47. The lowest BCUT2D eigenvalue weighted by Crippen LogP contribution is -2.35. The van der Waals surface area contributed by atoms with Gasteiger partial charge < -0.3 is 4.74 Å². The number of fused-ring (bicyclic) bond motifs is 3. The Bertz CT molecular complexity index is 838. The number of carbonyl (C=O) groups excluding carboxylic acids is 2. The van der Waals surface area contributed by atoms with Crippen molar-refractivity contribution < 1.29 is 19.2 Å². The number of ether oxygens (including phenoxy) is 1. The maximum atomic E-state index is 13.0. The molecule has 0 N–H and O–H groups in total. The van der Waals surface area contributed by atoms with E-state index in [1.807, 2.05) is 0 Å². The Balaban J connectivity index is 1.59. The molecule has 0 unspecified atom stereocenters. The predicted molar refractivity (Wildman–Crippen MR) is 86.9 cm³/mol. The minimum Gasteiger partial charge on any atom is -0.496 e. The summed E-state index contributed by atoms with van der Waals surface area (Å²) in [6.45, 7) is 0. The molecule has 3 aliphatic carbocycles. The zero-order valence-corrected chi connectivity index (χ0v) is 13.5. The van der Waals surface area contributed by atoms with Crippen LogP contribution in [0, 0.1) is 39.2 Å². The number of nitro benzene ring substituents is 1. The molecule has 1 aromatic rings. The average molecular weight is 340 g/mol. The third-order valence-electron chi connectivity index (χ3n) is 6.47. The monoisotopic (exact) mass is 340 g/mol. The summed E-state index contributed by atoms with van der Waals surface area (Å²) in [5.41, 5.74) is -0.139. The molecule has 3 fully saturated rings. The SMILES string of the molecule is COc1ccc(N2C(=O)[C@@H]3[C@H](C2=O)[C@@H]2C=C[C@H]3C23CC3)c([N+](=O)[O-])c1. The lowest BCUT2D eigenvalue weighted by molar-refractivity contribution is -0.384. The topological polar surface area (TPSA) is 89.8 Å². The molecule has 1 aromatic carbocycles. The Morgan fingerprint density at radius 2 is 1.76 bits per heavy atom. The number of hydrogen-bond acceptors (Lipinski definition) is 5. The summed E-state index contributed by atoms with van der Waals surface area (Å²) in [7, 11) is 1.41. The van der Waals surface area contributed by atoms with Gasteiger partial charge in [0, 0.05) is 0 Å². The van der Waals surface area contributed by atoms with Crippen LogP contribution in [0.2, 0.25) is 0 Å². The first-order chi connectivity index (χ1) is 12.0. The Morgan fingerprint density at radius 3 is 2.24 bits per heavy atom. The molecule has 7 heteroatoms. The quantitative estimate of drug-likeness (QED) is 0.364. The first-order valence-corrected chi connectivity index (χ1v) is 8.38. The van der Waals surface area contributed by atoms with Crippen LogP contribution < -0.4 is 9.64 Å². The van der Waals surface area contributed by atoms with Crippen molar-refractivity contribution in [1.29, 1.82) is 0 Å². The number of methoxy groups -OCH3 is 1. The lowest BCUT2D eigenvalue weighted by atomic mass is 9.85. The van der Waals surface area contributed by atoms with Gasteiger partial charge in [-0.15, -0.1) is 0 Å². The van der Waals surface area contributed by atoms with Crippen LogP contribution in [-0.2, 0) is 9.59 Å². The van der Waals surface area contributed by atoms with Crippen LogP contribution in [0.5, 0.6) is 5.75 Å². The molecular weight excluding hydrogens is 324 g/mol. The molecule has 4 aliphatic rings. The van der Waals surface area contributed by atoms with Crippen LogP contribution in [0.3, 0.4) is 0 Å². The molecule has 2 bridgehead atoms. The second-order valence-corrected chi connectivity index (χ2v) is 7.34. The molecule has 2 amide bonds. The maximum Gasteiger partial charge on any atom is 0.297 e.